The molecule has 4 rings (SSSR count). The van der Waals surface area contributed by atoms with E-state index in [1.54, 1.807) is 23.8 Å². The molecule has 1 unspecified atom stereocenters. The SMILES string of the molecule is CCc1ccc(NC(=O)CN2C(=O)CC(c3ccc(OC)cc3)Sc3ccccc32)cc1. The van der Waals surface area contributed by atoms with Crippen molar-refractivity contribution in [2.75, 3.05) is 23.9 Å². The first-order valence-corrected chi connectivity index (χ1v) is 11.5. The Morgan fingerprint density at radius 1 is 1.06 bits per heavy atom. The van der Waals surface area contributed by atoms with E-state index in [-0.39, 0.29) is 23.6 Å². The molecule has 6 heteroatoms. The van der Waals surface area contributed by atoms with Gasteiger partial charge in [-0.3, -0.25) is 9.59 Å². The van der Waals surface area contributed by atoms with E-state index in [9.17, 15) is 9.59 Å². The van der Waals surface area contributed by atoms with Crippen LogP contribution < -0.4 is 15.0 Å². The lowest BCUT2D eigenvalue weighted by atomic mass is 10.1. The summed E-state index contributed by atoms with van der Waals surface area (Å²) in [6.07, 6.45) is 1.25. The molecule has 0 saturated carbocycles. The molecular weight excluding hydrogens is 420 g/mol. The van der Waals surface area contributed by atoms with Gasteiger partial charge >= 0.3 is 0 Å². The Hall–Kier alpha value is -3.25. The van der Waals surface area contributed by atoms with Crippen LogP contribution in [0.5, 0.6) is 5.75 Å². The second-order valence-electron chi connectivity index (χ2n) is 7.63. The number of para-hydroxylation sites is 1. The molecule has 1 atom stereocenters. The highest BCUT2D eigenvalue weighted by molar-refractivity contribution is 7.99. The highest BCUT2D eigenvalue weighted by atomic mass is 32.2. The number of carbonyl (C=O) groups excluding carboxylic acids is 2. The van der Waals surface area contributed by atoms with E-state index < -0.39 is 0 Å². The molecular formula is C26H26N2O3S. The third-order valence-corrected chi connectivity index (χ3v) is 6.84. The van der Waals surface area contributed by atoms with Gasteiger partial charge < -0.3 is 15.0 Å². The normalized spacial score (nSPS) is 15.6. The Bertz CT molecular complexity index is 1100. The fraction of sp³-hybridized carbons (Fsp3) is 0.231. The standard InChI is InChI=1S/C26H26N2O3S/c1-3-18-8-12-20(13-9-18)27-25(29)17-28-22-6-4-5-7-23(22)32-24(16-26(28)30)19-10-14-21(31-2)15-11-19/h4-15,24H,3,16-17H2,1-2H3,(H,27,29). The number of benzene rings is 3. The minimum Gasteiger partial charge on any atom is -0.497 e. The molecule has 3 aromatic carbocycles. The number of rotatable bonds is 6. The Morgan fingerprint density at radius 2 is 1.78 bits per heavy atom. The molecule has 0 spiro atoms. The second-order valence-corrected chi connectivity index (χ2v) is 8.87. The number of anilines is 2. The van der Waals surface area contributed by atoms with E-state index in [0.29, 0.717) is 6.42 Å². The van der Waals surface area contributed by atoms with Crippen molar-refractivity contribution in [3.63, 3.8) is 0 Å². The van der Waals surface area contributed by atoms with E-state index in [4.69, 9.17) is 4.74 Å². The summed E-state index contributed by atoms with van der Waals surface area (Å²) in [4.78, 5) is 28.6. The number of ether oxygens (including phenoxy) is 1. The van der Waals surface area contributed by atoms with Crippen molar-refractivity contribution >= 4 is 35.0 Å². The number of nitrogens with one attached hydrogen (secondary N) is 1. The molecule has 0 radical (unpaired) electrons. The van der Waals surface area contributed by atoms with Crippen LogP contribution in [0.4, 0.5) is 11.4 Å². The van der Waals surface area contributed by atoms with Crippen LogP contribution >= 0.6 is 11.8 Å². The monoisotopic (exact) mass is 446 g/mol. The van der Waals surface area contributed by atoms with Gasteiger partial charge in [0.1, 0.15) is 12.3 Å². The Kier molecular flexibility index (Phi) is 6.81. The number of fused-ring (bicyclic) bond motifs is 1. The van der Waals surface area contributed by atoms with Crippen LogP contribution in [-0.4, -0.2) is 25.5 Å². The lowest BCUT2D eigenvalue weighted by molar-refractivity contribution is -0.121. The topological polar surface area (TPSA) is 58.6 Å². The molecule has 1 N–H and O–H groups in total. The van der Waals surface area contributed by atoms with Crippen molar-refractivity contribution in [3.8, 4) is 5.75 Å². The van der Waals surface area contributed by atoms with Gasteiger partial charge in [0.2, 0.25) is 11.8 Å². The molecule has 0 bridgehead atoms. The van der Waals surface area contributed by atoms with Gasteiger partial charge in [-0.15, -0.1) is 11.8 Å². The van der Waals surface area contributed by atoms with Crippen LogP contribution in [0.15, 0.2) is 77.7 Å². The second kappa shape index (κ2) is 9.92. The minimum atomic E-state index is -0.217. The van der Waals surface area contributed by atoms with Crippen molar-refractivity contribution in [2.45, 2.75) is 29.9 Å². The zero-order valence-corrected chi connectivity index (χ0v) is 19.0. The van der Waals surface area contributed by atoms with E-state index in [0.717, 1.165) is 34.0 Å². The lowest BCUT2D eigenvalue weighted by Gasteiger charge is -2.22. The molecule has 0 aromatic heterocycles. The number of carbonyl (C=O) groups is 2. The molecule has 1 heterocycles. The first-order chi connectivity index (χ1) is 15.6. The van der Waals surface area contributed by atoms with E-state index in [2.05, 4.69) is 12.2 Å². The highest BCUT2D eigenvalue weighted by Crippen LogP contribution is 2.45. The van der Waals surface area contributed by atoms with Gasteiger partial charge in [-0.25, -0.2) is 0 Å². The fourth-order valence-electron chi connectivity index (χ4n) is 3.72. The van der Waals surface area contributed by atoms with Crippen LogP contribution in [0.3, 0.4) is 0 Å². The lowest BCUT2D eigenvalue weighted by Crippen LogP contribution is -2.38. The number of aryl methyl sites for hydroxylation is 1. The van der Waals surface area contributed by atoms with Crippen LogP contribution in [0.1, 0.15) is 29.7 Å². The van der Waals surface area contributed by atoms with E-state index in [1.807, 2.05) is 72.8 Å². The van der Waals surface area contributed by atoms with Gasteiger partial charge in [0.25, 0.3) is 0 Å². The van der Waals surface area contributed by atoms with Crippen molar-refractivity contribution < 1.29 is 14.3 Å². The predicted molar refractivity (Wildman–Crippen MR) is 129 cm³/mol. The Morgan fingerprint density at radius 3 is 2.47 bits per heavy atom. The first kappa shape index (κ1) is 22.0. The van der Waals surface area contributed by atoms with Crippen LogP contribution in [0, 0.1) is 0 Å². The summed E-state index contributed by atoms with van der Waals surface area (Å²) in [5.74, 6) is 0.495. The molecule has 0 saturated heterocycles. The fourth-order valence-corrected chi connectivity index (χ4v) is 5.01. The van der Waals surface area contributed by atoms with E-state index >= 15 is 0 Å². The Labute approximate surface area is 192 Å². The quantitative estimate of drug-likeness (QED) is 0.546. The van der Waals surface area contributed by atoms with Crippen molar-refractivity contribution in [2.24, 2.45) is 0 Å². The van der Waals surface area contributed by atoms with Crippen LogP contribution in [0.2, 0.25) is 0 Å². The number of amides is 2. The Balaban J connectivity index is 1.54. The van der Waals surface area contributed by atoms with Gasteiger partial charge in [0.15, 0.2) is 0 Å². The molecule has 164 valence electrons. The highest BCUT2D eigenvalue weighted by Gasteiger charge is 2.30. The summed E-state index contributed by atoms with van der Waals surface area (Å²) in [6, 6.07) is 23.4. The maximum Gasteiger partial charge on any atom is 0.244 e. The van der Waals surface area contributed by atoms with Gasteiger partial charge in [-0.05, 0) is 53.9 Å². The molecule has 5 nitrogen and oxygen atoms in total. The molecule has 0 aliphatic carbocycles. The molecule has 3 aromatic rings. The average molecular weight is 447 g/mol. The zero-order valence-electron chi connectivity index (χ0n) is 18.2. The van der Waals surface area contributed by atoms with Gasteiger partial charge in [0.05, 0.1) is 12.8 Å². The third kappa shape index (κ3) is 4.97. The average Bonchev–Trinajstić information content (AvgIpc) is 2.96. The number of nitrogens with zero attached hydrogens (tertiary/aromatic N) is 1. The van der Waals surface area contributed by atoms with Crippen LogP contribution in [-0.2, 0) is 16.0 Å². The zero-order chi connectivity index (χ0) is 22.5. The molecule has 1 aliphatic rings. The third-order valence-electron chi connectivity index (χ3n) is 5.52. The maximum atomic E-state index is 13.3. The van der Waals surface area contributed by atoms with Gasteiger partial charge in [0, 0.05) is 22.3 Å². The maximum absolute atomic E-state index is 13.3. The predicted octanol–water partition coefficient (Wildman–Crippen LogP) is 5.47. The number of hydrogen-bond donors (Lipinski definition) is 1. The van der Waals surface area contributed by atoms with Crippen molar-refractivity contribution in [1.29, 1.82) is 0 Å². The minimum absolute atomic E-state index is 0.0265. The van der Waals surface area contributed by atoms with E-state index in [1.165, 1.54) is 5.56 Å². The summed E-state index contributed by atoms with van der Waals surface area (Å²) in [5, 5.41) is 2.88. The smallest absolute Gasteiger partial charge is 0.244 e. The van der Waals surface area contributed by atoms with Gasteiger partial charge in [-0.1, -0.05) is 43.3 Å². The number of thioether (sulfide) groups is 1. The van der Waals surface area contributed by atoms with Crippen molar-refractivity contribution in [3.05, 3.63) is 83.9 Å². The number of hydrogen-bond acceptors (Lipinski definition) is 4. The van der Waals surface area contributed by atoms with Crippen LogP contribution in [0.25, 0.3) is 0 Å². The molecule has 1 aliphatic heterocycles. The largest absolute Gasteiger partial charge is 0.497 e. The van der Waals surface area contributed by atoms with Crippen molar-refractivity contribution in [1.82, 2.24) is 0 Å². The molecule has 2 amide bonds. The summed E-state index contributed by atoms with van der Waals surface area (Å²) >= 11 is 1.65. The summed E-state index contributed by atoms with van der Waals surface area (Å²) in [7, 11) is 1.64. The first-order valence-electron chi connectivity index (χ1n) is 10.7. The molecule has 0 fully saturated rings. The van der Waals surface area contributed by atoms with Gasteiger partial charge in [-0.2, -0.15) is 0 Å². The number of methoxy groups -OCH3 is 1. The summed E-state index contributed by atoms with van der Waals surface area (Å²) in [6.45, 7) is 2.06. The molecule has 32 heavy (non-hydrogen) atoms. The summed E-state index contributed by atoms with van der Waals surface area (Å²) < 4.78 is 5.25. The summed E-state index contributed by atoms with van der Waals surface area (Å²) in [5.41, 5.74) is 3.77.